The Morgan fingerprint density at radius 2 is 1.90 bits per heavy atom. The predicted octanol–water partition coefficient (Wildman–Crippen LogP) is 1.95. The minimum atomic E-state index is -0.152. The third kappa shape index (κ3) is 4.15. The van der Waals surface area contributed by atoms with E-state index in [1.807, 2.05) is 42.5 Å². The smallest absolute Gasteiger partial charge is 0.251 e. The van der Waals surface area contributed by atoms with Crippen molar-refractivity contribution in [3.05, 3.63) is 78.2 Å². The highest BCUT2D eigenvalue weighted by molar-refractivity contribution is 5.95. The first-order valence-electron chi connectivity index (χ1n) is 9.38. The molecular weight excluding hydrogens is 380 g/mol. The first-order valence-corrected chi connectivity index (χ1v) is 9.38. The van der Waals surface area contributed by atoms with Gasteiger partial charge in [0, 0.05) is 18.7 Å². The summed E-state index contributed by atoms with van der Waals surface area (Å²) in [6, 6.07) is 16.8. The first-order chi connectivity index (χ1) is 14.8. The van der Waals surface area contributed by atoms with E-state index >= 15 is 0 Å². The van der Waals surface area contributed by atoms with Gasteiger partial charge in [-0.25, -0.2) is 14.6 Å². The highest BCUT2D eigenvalue weighted by Gasteiger charge is 2.10. The third-order valence-electron chi connectivity index (χ3n) is 4.35. The second-order valence-corrected chi connectivity index (χ2v) is 6.39. The van der Waals surface area contributed by atoms with E-state index in [4.69, 9.17) is 5.73 Å². The Hall–Kier alpha value is -4.11. The van der Waals surface area contributed by atoms with Gasteiger partial charge >= 0.3 is 0 Å². The minimum absolute atomic E-state index is 0.152. The zero-order valence-corrected chi connectivity index (χ0v) is 16.1. The Balaban J connectivity index is 1.48. The molecule has 2 aromatic heterocycles. The van der Waals surface area contributed by atoms with Crippen molar-refractivity contribution in [1.29, 1.82) is 0 Å². The number of benzene rings is 2. The Labute approximate surface area is 172 Å². The van der Waals surface area contributed by atoms with Gasteiger partial charge in [0.15, 0.2) is 11.5 Å². The fourth-order valence-corrected chi connectivity index (χ4v) is 2.87. The molecule has 0 spiro atoms. The van der Waals surface area contributed by atoms with Crippen molar-refractivity contribution in [2.24, 2.45) is 10.8 Å². The van der Waals surface area contributed by atoms with Crippen LogP contribution in [0.4, 0.5) is 5.82 Å². The van der Waals surface area contributed by atoms with Crippen LogP contribution in [0.15, 0.2) is 72.2 Å². The summed E-state index contributed by atoms with van der Waals surface area (Å²) in [5.41, 5.74) is 11.3. The number of para-hydroxylation sites is 1. The van der Waals surface area contributed by atoms with Gasteiger partial charge in [0.2, 0.25) is 0 Å². The largest absolute Gasteiger partial charge is 0.351 e. The SMILES string of the molecule is NCCNC(=O)c1ccc(/C=N/Nc2ncnc3c2cnn3-c2ccccc2)cc1. The molecule has 0 aliphatic heterocycles. The Morgan fingerprint density at radius 1 is 1.10 bits per heavy atom. The van der Waals surface area contributed by atoms with E-state index in [2.05, 4.69) is 30.9 Å². The molecule has 2 aromatic carbocycles. The van der Waals surface area contributed by atoms with Crippen LogP contribution >= 0.6 is 0 Å². The summed E-state index contributed by atoms with van der Waals surface area (Å²) in [5, 5.41) is 12.2. The van der Waals surface area contributed by atoms with Crippen molar-refractivity contribution in [2.45, 2.75) is 0 Å². The van der Waals surface area contributed by atoms with Gasteiger partial charge in [-0.2, -0.15) is 10.2 Å². The lowest BCUT2D eigenvalue weighted by Crippen LogP contribution is -2.28. The zero-order chi connectivity index (χ0) is 20.8. The number of hydrogen-bond donors (Lipinski definition) is 3. The highest BCUT2D eigenvalue weighted by Crippen LogP contribution is 2.21. The zero-order valence-electron chi connectivity index (χ0n) is 16.1. The number of nitrogens with one attached hydrogen (secondary N) is 2. The van der Waals surface area contributed by atoms with Crippen molar-refractivity contribution >= 4 is 29.0 Å². The van der Waals surface area contributed by atoms with Gasteiger partial charge < -0.3 is 11.1 Å². The summed E-state index contributed by atoms with van der Waals surface area (Å²) >= 11 is 0. The van der Waals surface area contributed by atoms with Crippen LogP contribution in [0.1, 0.15) is 15.9 Å². The molecule has 0 fully saturated rings. The van der Waals surface area contributed by atoms with Gasteiger partial charge in [0.05, 0.1) is 23.5 Å². The molecule has 0 saturated carbocycles. The number of amides is 1. The molecule has 150 valence electrons. The molecule has 2 heterocycles. The number of carbonyl (C=O) groups excluding carboxylic acids is 1. The van der Waals surface area contributed by atoms with Crippen LogP contribution in [0.25, 0.3) is 16.7 Å². The van der Waals surface area contributed by atoms with Crippen LogP contribution in [0.5, 0.6) is 0 Å². The number of hydrazone groups is 1. The van der Waals surface area contributed by atoms with Crippen molar-refractivity contribution in [3.63, 3.8) is 0 Å². The molecule has 0 aliphatic rings. The van der Waals surface area contributed by atoms with Crippen LogP contribution in [0.2, 0.25) is 0 Å². The van der Waals surface area contributed by atoms with Gasteiger partial charge in [-0.3, -0.25) is 10.2 Å². The maximum atomic E-state index is 11.9. The maximum absolute atomic E-state index is 11.9. The maximum Gasteiger partial charge on any atom is 0.251 e. The van der Waals surface area contributed by atoms with Crippen molar-refractivity contribution < 1.29 is 4.79 Å². The Morgan fingerprint density at radius 3 is 2.67 bits per heavy atom. The van der Waals surface area contributed by atoms with E-state index in [1.54, 1.807) is 29.2 Å². The topological polar surface area (TPSA) is 123 Å². The summed E-state index contributed by atoms with van der Waals surface area (Å²) in [7, 11) is 0. The number of nitrogens with two attached hydrogens (primary N) is 1. The standard InChI is InChI=1S/C21H20N8O/c22-10-11-23-21(30)16-8-6-15(7-9-16)12-26-28-19-18-13-27-29(20(18)25-14-24-19)17-4-2-1-3-5-17/h1-9,12-14H,10-11,22H2,(H,23,30)(H,24,25,28)/b26-12+. The summed E-state index contributed by atoms with van der Waals surface area (Å²) in [5.74, 6) is 0.400. The molecule has 4 aromatic rings. The van der Waals surface area contributed by atoms with Gasteiger partial charge in [-0.1, -0.05) is 30.3 Å². The summed E-state index contributed by atoms with van der Waals surface area (Å²) in [6.07, 6.45) is 4.82. The average molecular weight is 400 g/mol. The molecular formula is C21H20N8O. The molecule has 1 amide bonds. The molecule has 0 aliphatic carbocycles. The van der Waals surface area contributed by atoms with E-state index in [0.717, 1.165) is 16.6 Å². The van der Waals surface area contributed by atoms with E-state index in [9.17, 15) is 4.79 Å². The molecule has 30 heavy (non-hydrogen) atoms. The van der Waals surface area contributed by atoms with Crippen molar-refractivity contribution in [2.75, 3.05) is 18.5 Å². The predicted molar refractivity (Wildman–Crippen MR) is 116 cm³/mol. The lowest BCUT2D eigenvalue weighted by atomic mass is 10.1. The Bertz CT molecular complexity index is 1170. The first kappa shape index (κ1) is 19.2. The number of aromatic nitrogens is 4. The molecule has 9 nitrogen and oxygen atoms in total. The van der Waals surface area contributed by atoms with Gasteiger partial charge in [0.25, 0.3) is 5.91 Å². The molecule has 0 bridgehead atoms. The second-order valence-electron chi connectivity index (χ2n) is 6.39. The molecule has 0 saturated heterocycles. The van der Waals surface area contributed by atoms with Crippen LogP contribution in [0, 0.1) is 0 Å². The number of fused-ring (bicyclic) bond motifs is 1. The third-order valence-corrected chi connectivity index (χ3v) is 4.35. The number of anilines is 1. The lowest BCUT2D eigenvalue weighted by Gasteiger charge is -2.04. The molecule has 0 unspecified atom stereocenters. The summed E-state index contributed by atoms with van der Waals surface area (Å²) in [6.45, 7) is 0.850. The quantitative estimate of drug-likeness (QED) is 0.322. The van der Waals surface area contributed by atoms with Gasteiger partial charge in [-0.05, 0) is 29.8 Å². The lowest BCUT2D eigenvalue weighted by molar-refractivity contribution is 0.0955. The number of rotatable bonds is 7. The second kappa shape index (κ2) is 8.93. The number of hydrogen-bond acceptors (Lipinski definition) is 7. The van der Waals surface area contributed by atoms with Gasteiger partial charge in [0.1, 0.15) is 6.33 Å². The van der Waals surface area contributed by atoms with E-state index < -0.39 is 0 Å². The monoisotopic (exact) mass is 400 g/mol. The van der Waals surface area contributed by atoms with E-state index in [1.165, 1.54) is 6.33 Å². The normalized spacial score (nSPS) is 11.1. The summed E-state index contributed by atoms with van der Waals surface area (Å²) in [4.78, 5) is 20.5. The van der Waals surface area contributed by atoms with E-state index in [0.29, 0.717) is 30.1 Å². The average Bonchev–Trinajstić information content (AvgIpc) is 3.23. The van der Waals surface area contributed by atoms with Crippen LogP contribution in [0.3, 0.4) is 0 Å². The van der Waals surface area contributed by atoms with E-state index in [-0.39, 0.29) is 5.91 Å². The highest BCUT2D eigenvalue weighted by atomic mass is 16.1. The van der Waals surface area contributed by atoms with Gasteiger partial charge in [-0.15, -0.1) is 0 Å². The molecule has 9 heteroatoms. The fourth-order valence-electron chi connectivity index (χ4n) is 2.87. The van der Waals surface area contributed by atoms with Crippen LogP contribution in [-0.2, 0) is 0 Å². The molecule has 4 rings (SSSR count). The molecule has 0 radical (unpaired) electrons. The summed E-state index contributed by atoms with van der Waals surface area (Å²) < 4.78 is 1.75. The number of carbonyl (C=O) groups is 1. The Kier molecular flexibility index (Phi) is 5.72. The fraction of sp³-hybridized carbons (Fsp3) is 0.0952. The minimum Gasteiger partial charge on any atom is -0.351 e. The van der Waals surface area contributed by atoms with Crippen LogP contribution < -0.4 is 16.5 Å². The number of nitrogens with zero attached hydrogens (tertiary/aromatic N) is 5. The molecule has 0 atom stereocenters. The van der Waals surface area contributed by atoms with Crippen LogP contribution in [-0.4, -0.2) is 45.0 Å². The van der Waals surface area contributed by atoms with Crippen molar-refractivity contribution in [3.8, 4) is 5.69 Å². The van der Waals surface area contributed by atoms with Crippen molar-refractivity contribution in [1.82, 2.24) is 25.1 Å². The molecule has 4 N–H and O–H groups in total.